The van der Waals surface area contributed by atoms with Crippen LogP contribution in [-0.2, 0) is 7.05 Å². The van der Waals surface area contributed by atoms with Crippen molar-refractivity contribution < 1.29 is 5.11 Å². The van der Waals surface area contributed by atoms with E-state index in [1.165, 1.54) is 11.6 Å². The number of hydrogen-bond acceptors (Lipinski definition) is 5. The fraction of sp³-hybridized carbons (Fsp3) is 0.692. The van der Waals surface area contributed by atoms with E-state index in [2.05, 4.69) is 17.2 Å². The predicted octanol–water partition coefficient (Wildman–Crippen LogP) is 0.00890. The van der Waals surface area contributed by atoms with Crippen molar-refractivity contribution in [3.05, 3.63) is 20.8 Å². The van der Waals surface area contributed by atoms with E-state index in [1.54, 1.807) is 0 Å². The quantitative estimate of drug-likeness (QED) is 0.623. The molecule has 0 saturated heterocycles. The summed E-state index contributed by atoms with van der Waals surface area (Å²) in [5, 5.41) is 12.8. The van der Waals surface area contributed by atoms with Gasteiger partial charge in [-0.3, -0.25) is 14.3 Å². The molecule has 0 bridgehead atoms. The van der Waals surface area contributed by atoms with Gasteiger partial charge in [-0.2, -0.15) is 0 Å². The first kappa shape index (κ1) is 14.6. The molecule has 20 heavy (non-hydrogen) atoms. The fourth-order valence-electron chi connectivity index (χ4n) is 2.66. The normalized spacial score (nSPS) is 26.4. The summed E-state index contributed by atoms with van der Waals surface area (Å²) in [5.74, 6) is 0.706. The van der Waals surface area contributed by atoms with Gasteiger partial charge in [0.1, 0.15) is 11.5 Å². The van der Waals surface area contributed by atoms with Gasteiger partial charge in [0.2, 0.25) is 0 Å². The van der Waals surface area contributed by atoms with Crippen LogP contribution in [0, 0.1) is 5.92 Å². The Morgan fingerprint density at radius 3 is 2.60 bits per heavy atom. The summed E-state index contributed by atoms with van der Waals surface area (Å²) in [6.45, 7) is 2.11. The average Bonchev–Trinajstić information content (AvgIpc) is 2.44. The molecule has 1 heterocycles. The van der Waals surface area contributed by atoms with Gasteiger partial charge in [0.15, 0.2) is 0 Å². The van der Waals surface area contributed by atoms with Crippen molar-refractivity contribution in [3.63, 3.8) is 0 Å². The largest absolute Gasteiger partial charge is 0.394 e. The highest BCUT2D eigenvalue weighted by molar-refractivity contribution is 5.61. The minimum Gasteiger partial charge on any atom is -0.394 e. The summed E-state index contributed by atoms with van der Waals surface area (Å²) in [6.07, 6.45) is 3.51. The van der Waals surface area contributed by atoms with E-state index < -0.39 is 16.8 Å². The molecule has 1 fully saturated rings. The first-order valence-electron chi connectivity index (χ1n) is 6.86. The van der Waals surface area contributed by atoms with E-state index in [0.29, 0.717) is 5.92 Å². The Labute approximate surface area is 116 Å². The maximum Gasteiger partial charge on any atom is 0.329 e. The second-order valence-electron chi connectivity index (χ2n) is 5.82. The molecule has 0 unspecified atom stereocenters. The van der Waals surface area contributed by atoms with Crippen molar-refractivity contribution in [1.82, 2.24) is 9.55 Å². The number of H-pyrrole nitrogens is 1. The second-order valence-corrected chi connectivity index (χ2v) is 5.82. The highest BCUT2D eigenvalue weighted by Crippen LogP contribution is 2.34. The molecule has 0 amide bonds. The van der Waals surface area contributed by atoms with Crippen LogP contribution < -0.4 is 22.3 Å². The average molecular weight is 282 g/mol. The monoisotopic (exact) mass is 282 g/mol. The molecule has 7 nitrogen and oxygen atoms in total. The van der Waals surface area contributed by atoms with Crippen molar-refractivity contribution in [1.29, 1.82) is 0 Å². The van der Waals surface area contributed by atoms with Crippen molar-refractivity contribution in [2.45, 2.75) is 38.1 Å². The maximum absolute atomic E-state index is 11.9. The third kappa shape index (κ3) is 2.58. The Kier molecular flexibility index (Phi) is 3.89. The lowest BCUT2D eigenvalue weighted by molar-refractivity contribution is 0.155. The van der Waals surface area contributed by atoms with E-state index >= 15 is 0 Å². The Morgan fingerprint density at radius 2 is 2.05 bits per heavy atom. The molecule has 112 valence electrons. The van der Waals surface area contributed by atoms with Crippen LogP contribution in [0.4, 0.5) is 11.5 Å². The number of rotatable bonds is 3. The minimum absolute atomic E-state index is 0.0680. The fourth-order valence-corrected chi connectivity index (χ4v) is 2.66. The predicted molar refractivity (Wildman–Crippen MR) is 77.8 cm³/mol. The Balaban J connectivity index is 2.36. The zero-order valence-corrected chi connectivity index (χ0v) is 11.9. The molecule has 1 aliphatic carbocycles. The molecule has 0 spiro atoms. The lowest BCUT2D eigenvalue weighted by Gasteiger charge is -2.39. The molecule has 1 saturated carbocycles. The van der Waals surface area contributed by atoms with E-state index in [4.69, 9.17) is 5.73 Å². The van der Waals surface area contributed by atoms with Crippen LogP contribution in [0.1, 0.15) is 32.6 Å². The molecule has 1 aliphatic rings. The number of aliphatic hydroxyl groups excluding tert-OH is 1. The third-order valence-corrected chi connectivity index (χ3v) is 4.29. The van der Waals surface area contributed by atoms with E-state index in [9.17, 15) is 14.7 Å². The van der Waals surface area contributed by atoms with Crippen molar-refractivity contribution in [3.8, 4) is 0 Å². The molecule has 1 aromatic rings. The summed E-state index contributed by atoms with van der Waals surface area (Å²) in [6, 6.07) is 0. The van der Waals surface area contributed by atoms with Gasteiger partial charge in [-0.25, -0.2) is 4.79 Å². The number of aromatic amines is 1. The molecular weight excluding hydrogens is 260 g/mol. The lowest BCUT2D eigenvalue weighted by atomic mass is 9.77. The Morgan fingerprint density at radius 1 is 1.45 bits per heavy atom. The topological polar surface area (TPSA) is 113 Å². The van der Waals surface area contributed by atoms with Crippen molar-refractivity contribution >= 4 is 11.5 Å². The van der Waals surface area contributed by atoms with Crippen LogP contribution in [0.2, 0.25) is 0 Å². The standard InChI is InChI=1S/C13H22N4O3/c1-8-3-5-13(7-18,6-4-8)16-9-10(14)17(2)12(20)15-11(9)19/h8,16,18H,3-7,14H2,1-2H3,(H,15,19,20). The Hall–Kier alpha value is -1.76. The van der Waals surface area contributed by atoms with Gasteiger partial charge in [-0.05, 0) is 31.6 Å². The molecule has 0 radical (unpaired) electrons. The number of aromatic nitrogens is 2. The molecule has 0 aliphatic heterocycles. The number of anilines is 2. The summed E-state index contributed by atoms with van der Waals surface area (Å²) < 4.78 is 1.18. The molecule has 7 heteroatoms. The van der Waals surface area contributed by atoms with Gasteiger partial charge in [0.05, 0.1) is 12.1 Å². The van der Waals surface area contributed by atoms with Gasteiger partial charge in [-0.1, -0.05) is 6.92 Å². The molecule has 0 aromatic carbocycles. The van der Waals surface area contributed by atoms with Crippen molar-refractivity contribution in [2.24, 2.45) is 13.0 Å². The summed E-state index contributed by atoms with van der Waals surface area (Å²) in [4.78, 5) is 25.6. The van der Waals surface area contributed by atoms with Crippen LogP contribution >= 0.6 is 0 Å². The second kappa shape index (κ2) is 5.32. The van der Waals surface area contributed by atoms with Crippen LogP contribution in [0.5, 0.6) is 0 Å². The number of nitrogens with two attached hydrogens (primary N) is 1. The van der Waals surface area contributed by atoms with Crippen LogP contribution in [0.25, 0.3) is 0 Å². The molecule has 1 aromatic heterocycles. The number of nitrogens with zero attached hydrogens (tertiary/aromatic N) is 1. The van der Waals surface area contributed by atoms with Gasteiger partial charge in [0, 0.05) is 7.05 Å². The molecule has 2 rings (SSSR count). The highest BCUT2D eigenvalue weighted by atomic mass is 16.3. The third-order valence-electron chi connectivity index (χ3n) is 4.29. The van der Waals surface area contributed by atoms with Gasteiger partial charge < -0.3 is 16.2 Å². The molecule has 0 atom stereocenters. The minimum atomic E-state index is -0.548. The smallest absolute Gasteiger partial charge is 0.329 e. The van der Waals surface area contributed by atoms with Crippen molar-refractivity contribution in [2.75, 3.05) is 17.7 Å². The zero-order valence-electron chi connectivity index (χ0n) is 11.9. The van der Waals surface area contributed by atoms with Crippen LogP contribution in [0.3, 0.4) is 0 Å². The van der Waals surface area contributed by atoms with Crippen LogP contribution in [-0.4, -0.2) is 26.8 Å². The van der Waals surface area contributed by atoms with Gasteiger partial charge >= 0.3 is 5.69 Å². The maximum atomic E-state index is 11.9. The first-order chi connectivity index (χ1) is 9.38. The molecule has 5 N–H and O–H groups in total. The SMILES string of the molecule is CC1CCC(CO)(Nc2c(N)n(C)c(=O)[nH]c2=O)CC1. The first-order valence-corrected chi connectivity index (χ1v) is 6.86. The summed E-state index contributed by atoms with van der Waals surface area (Å²) in [7, 11) is 1.49. The van der Waals surface area contributed by atoms with Crippen LogP contribution in [0.15, 0.2) is 9.59 Å². The lowest BCUT2D eigenvalue weighted by Crippen LogP contribution is -2.47. The van der Waals surface area contributed by atoms with E-state index in [0.717, 1.165) is 25.7 Å². The molecular formula is C13H22N4O3. The van der Waals surface area contributed by atoms with Gasteiger partial charge in [0.25, 0.3) is 5.56 Å². The number of aliphatic hydroxyl groups is 1. The van der Waals surface area contributed by atoms with E-state index in [1.807, 2.05) is 0 Å². The number of nitrogen functional groups attached to an aromatic ring is 1. The Bertz CT molecular complexity index is 597. The van der Waals surface area contributed by atoms with E-state index in [-0.39, 0.29) is 18.1 Å². The zero-order chi connectivity index (χ0) is 14.9. The highest BCUT2D eigenvalue weighted by Gasteiger charge is 2.34. The van der Waals surface area contributed by atoms with Gasteiger partial charge in [-0.15, -0.1) is 0 Å². The summed E-state index contributed by atoms with van der Waals surface area (Å²) in [5.41, 5.74) is 4.37. The summed E-state index contributed by atoms with van der Waals surface area (Å²) >= 11 is 0. The number of nitrogens with one attached hydrogen (secondary N) is 2. The number of hydrogen-bond donors (Lipinski definition) is 4.